The van der Waals surface area contributed by atoms with Crippen molar-refractivity contribution < 1.29 is 14.3 Å². The maximum Gasteiger partial charge on any atom is 0.253 e. The third-order valence-corrected chi connectivity index (χ3v) is 4.75. The Labute approximate surface area is 156 Å². The molecule has 6 heteroatoms. The van der Waals surface area contributed by atoms with Crippen LogP contribution < -0.4 is 15.5 Å². The van der Waals surface area contributed by atoms with Crippen molar-refractivity contribution in [3.05, 3.63) is 23.8 Å². The minimum absolute atomic E-state index is 0.0599. The van der Waals surface area contributed by atoms with Gasteiger partial charge in [-0.05, 0) is 37.0 Å². The highest BCUT2D eigenvalue weighted by Crippen LogP contribution is 2.28. The number of hydrogen-bond donors (Lipinski definition) is 2. The largest absolute Gasteiger partial charge is 0.383 e. The van der Waals surface area contributed by atoms with Crippen LogP contribution in [0.5, 0.6) is 0 Å². The fraction of sp³-hybridized carbons (Fsp3) is 0.600. The Hall–Kier alpha value is -2.08. The van der Waals surface area contributed by atoms with E-state index in [1.165, 1.54) is 0 Å². The maximum absolute atomic E-state index is 12.7. The van der Waals surface area contributed by atoms with Gasteiger partial charge in [-0.1, -0.05) is 20.8 Å². The number of carbonyl (C=O) groups excluding carboxylic acids is 2. The molecule has 144 valence electrons. The summed E-state index contributed by atoms with van der Waals surface area (Å²) in [5, 5.41) is 5.77. The molecule has 0 saturated carbocycles. The zero-order valence-electron chi connectivity index (χ0n) is 16.3. The van der Waals surface area contributed by atoms with Crippen LogP contribution >= 0.6 is 0 Å². The Bertz CT molecular complexity index is 623. The molecule has 1 aliphatic rings. The number of benzene rings is 1. The van der Waals surface area contributed by atoms with Gasteiger partial charge in [-0.25, -0.2) is 0 Å². The molecule has 1 saturated heterocycles. The molecule has 2 amide bonds. The number of ether oxygens (including phenoxy) is 1. The van der Waals surface area contributed by atoms with E-state index < -0.39 is 0 Å². The summed E-state index contributed by atoms with van der Waals surface area (Å²) in [5.74, 6) is 0.402. The van der Waals surface area contributed by atoms with Crippen LogP contribution in [0, 0.1) is 11.8 Å². The van der Waals surface area contributed by atoms with Crippen molar-refractivity contribution in [2.45, 2.75) is 33.6 Å². The Morgan fingerprint density at radius 1 is 1.27 bits per heavy atom. The Balaban J connectivity index is 2.24. The average molecular weight is 361 g/mol. The Kier molecular flexibility index (Phi) is 7.45. The average Bonchev–Trinajstić information content (AvgIpc) is 2.62. The predicted octanol–water partition coefficient (Wildman–Crippen LogP) is 2.89. The molecular weight excluding hydrogens is 330 g/mol. The highest BCUT2D eigenvalue weighted by Gasteiger charge is 2.22. The molecule has 0 radical (unpaired) electrons. The number of hydrogen-bond acceptors (Lipinski definition) is 4. The number of carbonyl (C=O) groups is 2. The normalized spacial score (nSPS) is 15.2. The van der Waals surface area contributed by atoms with Gasteiger partial charge in [-0.2, -0.15) is 0 Å². The second-order valence-corrected chi connectivity index (χ2v) is 7.29. The van der Waals surface area contributed by atoms with Crippen LogP contribution in [0.4, 0.5) is 11.4 Å². The number of methoxy groups -OCH3 is 1. The Morgan fingerprint density at radius 2 is 1.96 bits per heavy atom. The quantitative estimate of drug-likeness (QED) is 0.733. The fourth-order valence-corrected chi connectivity index (χ4v) is 2.97. The minimum Gasteiger partial charge on any atom is -0.383 e. The van der Waals surface area contributed by atoms with E-state index in [0.29, 0.717) is 24.4 Å². The van der Waals surface area contributed by atoms with Crippen LogP contribution in [0.3, 0.4) is 0 Å². The van der Waals surface area contributed by atoms with Gasteiger partial charge in [0.05, 0.1) is 12.2 Å². The fourth-order valence-electron chi connectivity index (χ4n) is 2.97. The highest BCUT2D eigenvalue weighted by atomic mass is 16.5. The zero-order valence-corrected chi connectivity index (χ0v) is 16.3. The van der Waals surface area contributed by atoms with Gasteiger partial charge in [-0.15, -0.1) is 0 Å². The second-order valence-electron chi connectivity index (χ2n) is 7.29. The van der Waals surface area contributed by atoms with Gasteiger partial charge in [0, 0.05) is 44.0 Å². The van der Waals surface area contributed by atoms with Crippen molar-refractivity contribution in [1.82, 2.24) is 5.32 Å². The Morgan fingerprint density at radius 3 is 2.58 bits per heavy atom. The van der Waals surface area contributed by atoms with Crippen molar-refractivity contribution in [3.63, 3.8) is 0 Å². The first-order chi connectivity index (χ1) is 12.4. The summed E-state index contributed by atoms with van der Waals surface area (Å²) < 4.78 is 5.01. The molecule has 0 aromatic heterocycles. The number of rotatable bonds is 7. The van der Waals surface area contributed by atoms with E-state index >= 15 is 0 Å². The molecule has 2 N–H and O–H groups in total. The molecule has 0 aliphatic carbocycles. The summed E-state index contributed by atoms with van der Waals surface area (Å²) in [5.41, 5.74) is 2.17. The van der Waals surface area contributed by atoms with Crippen molar-refractivity contribution in [3.8, 4) is 0 Å². The first kappa shape index (κ1) is 20.2. The number of piperidine rings is 1. The number of amides is 2. The summed E-state index contributed by atoms with van der Waals surface area (Å²) in [7, 11) is 1.61. The smallest absolute Gasteiger partial charge is 0.253 e. The van der Waals surface area contributed by atoms with Crippen LogP contribution in [0.2, 0.25) is 0 Å². The van der Waals surface area contributed by atoms with Gasteiger partial charge in [0.25, 0.3) is 5.91 Å². The number of nitrogens with one attached hydrogen (secondary N) is 2. The molecule has 0 unspecified atom stereocenters. The van der Waals surface area contributed by atoms with Crippen LogP contribution in [-0.4, -0.2) is 45.2 Å². The lowest BCUT2D eigenvalue weighted by Gasteiger charge is -2.33. The lowest BCUT2D eigenvalue weighted by molar-refractivity contribution is -0.118. The standard InChI is InChI=1S/C20H31N3O3/c1-14(2)19(24)22-16-5-6-18(23-10-7-15(3)8-11-23)17(13-16)20(25)21-9-12-26-4/h5-6,13-15H,7-12H2,1-4H3,(H,21,25)(H,22,24). The molecule has 0 bridgehead atoms. The van der Waals surface area contributed by atoms with Crippen molar-refractivity contribution in [2.24, 2.45) is 11.8 Å². The summed E-state index contributed by atoms with van der Waals surface area (Å²) in [6, 6.07) is 5.59. The van der Waals surface area contributed by atoms with E-state index in [4.69, 9.17) is 4.74 Å². The maximum atomic E-state index is 12.7. The van der Waals surface area contributed by atoms with Crippen LogP contribution in [0.15, 0.2) is 18.2 Å². The molecule has 26 heavy (non-hydrogen) atoms. The van der Waals surface area contributed by atoms with E-state index in [1.807, 2.05) is 26.0 Å². The number of anilines is 2. The van der Waals surface area contributed by atoms with E-state index in [0.717, 1.165) is 37.5 Å². The van der Waals surface area contributed by atoms with E-state index in [1.54, 1.807) is 13.2 Å². The second kappa shape index (κ2) is 9.57. The van der Waals surface area contributed by atoms with Crippen LogP contribution in [0.1, 0.15) is 44.0 Å². The summed E-state index contributed by atoms with van der Waals surface area (Å²) in [6.07, 6.45) is 2.24. The third kappa shape index (κ3) is 5.46. The first-order valence-electron chi connectivity index (χ1n) is 9.39. The summed E-state index contributed by atoms with van der Waals surface area (Å²) >= 11 is 0. The molecule has 0 spiro atoms. The van der Waals surface area contributed by atoms with Crippen LogP contribution in [0.25, 0.3) is 0 Å². The van der Waals surface area contributed by atoms with E-state index in [9.17, 15) is 9.59 Å². The lowest BCUT2D eigenvalue weighted by atomic mass is 9.97. The van der Waals surface area contributed by atoms with Gasteiger partial charge in [0.15, 0.2) is 0 Å². The van der Waals surface area contributed by atoms with Crippen molar-refractivity contribution in [2.75, 3.05) is 43.6 Å². The molecule has 1 heterocycles. The summed E-state index contributed by atoms with van der Waals surface area (Å²) in [4.78, 5) is 27.0. The van der Waals surface area contributed by atoms with Gasteiger partial charge in [-0.3, -0.25) is 9.59 Å². The molecule has 1 aliphatic heterocycles. The first-order valence-corrected chi connectivity index (χ1v) is 9.39. The highest BCUT2D eigenvalue weighted by molar-refractivity contribution is 6.02. The zero-order chi connectivity index (χ0) is 19.1. The lowest BCUT2D eigenvalue weighted by Crippen LogP contribution is -2.35. The predicted molar refractivity (Wildman–Crippen MR) is 105 cm³/mol. The van der Waals surface area contributed by atoms with Crippen LogP contribution in [-0.2, 0) is 9.53 Å². The topological polar surface area (TPSA) is 70.7 Å². The minimum atomic E-state index is -0.142. The van der Waals surface area contributed by atoms with Crippen molar-refractivity contribution >= 4 is 23.2 Å². The van der Waals surface area contributed by atoms with E-state index in [-0.39, 0.29) is 17.7 Å². The molecule has 1 aromatic rings. The number of nitrogens with zero attached hydrogens (tertiary/aromatic N) is 1. The summed E-state index contributed by atoms with van der Waals surface area (Å²) in [6.45, 7) is 8.75. The van der Waals surface area contributed by atoms with Gasteiger partial charge >= 0.3 is 0 Å². The molecule has 0 atom stereocenters. The van der Waals surface area contributed by atoms with Gasteiger partial charge < -0.3 is 20.3 Å². The SMILES string of the molecule is COCCNC(=O)c1cc(NC(=O)C(C)C)ccc1N1CCC(C)CC1. The molecule has 6 nitrogen and oxygen atoms in total. The molecule has 2 rings (SSSR count). The monoisotopic (exact) mass is 361 g/mol. The molecule has 1 fully saturated rings. The van der Waals surface area contributed by atoms with Crippen molar-refractivity contribution in [1.29, 1.82) is 0 Å². The molecular formula is C20H31N3O3. The van der Waals surface area contributed by atoms with Gasteiger partial charge in [0.2, 0.25) is 5.91 Å². The van der Waals surface area contributed by atoms with Gasteiger partial charge in [0.1, 0.15) is 0 Å². The third-order valence-electron chi connectivity index (χ3n) is 4.75. The molecule has 1 aromatic carbocycles. The van der Waals surface area contributed by atoms with E-state index in [2.05, 4.69) is 22.5 Å².